The normalized spacial score (nSPS) is 24.0. The molecule has 1 saturated carbocycles. The third-order valence-electron chi connectivity index (χ3n) is 6.05. The lowest BCUT2D eigenvalue weighted by Gasteiger charge is -2.21. The van der Waals surface area contributed by atoms with E-state index in [1.165, 1.54) is 49.3 Å². The number of halogens is 1. The Morgan fingerprint density at radius 3 is 2.75 bits per heavy atom. The summed E-state index contributed by atoms with van der Waals surface area (Å²) in [6, 6.07) is 0. The number of aliphatic hydroxyl groups excluding tert-OH is 1. The van der Waals surface area contributed by atoms with Gasteiger partial charge in [-0.15, -0.1) is 0 Å². The molecule has 1 aromatic heterocycles. The molecule has 32 heavy (non-hydrogen) atoms. The van der Waals surface area contributed by atoms with Crippen LogP contribution in [-0.4, -0.2) is 65.6 Å². The Morgan fingerprint density at radius 2 is 1.97 bits per heavy atom. The number of hydrogen-bond donors (Lipinski definition) is 4. The predicted octanol–water partition coefficient (Wildman–Crippen LogP) is 0.640. The van der Waals surface area contributed by atoms with Crippen LogP contribution in [-0.2, 0) is 14.3 Å². The lowest BCUT2D eigenvalue weighted by molar-refractivity contribution is -0.149. The van der Waals surface area contributed by atoms with Crippen LogP contribution in [0.15, 0.2) is 20.3 Å². The number of carbonyl (C=O) groups excluding carboxylic acids is 1. The largest absolute Gasteiger partial charge is 0.462 e. The van der Waals surface area contributed by atoms with E-state index in [1.807, 2.05) is 0 Å². The Morgan fingerprint density at radius 1 is 1.22 bits per heavy atom. The Balaban J connectivity index is 1.28. The van der Waals surface area contributed by atoms with Crippen LogP contribution in [0.5, 0.6) is 0 Å². The number of nitrogens with zero attached hydrogens (tertiary/aromatic N) is 1. The minimum Gasteiger partial charge on any atom is -0.462 e. The Hall–Kier alpha value is -1.53. The number of aromatic nitrogens is 2. The second-order valence-corrected chi connectivity index (χ2v) is 9.33. The fourth-order valence-electron chi connectivity index (χ4n) is 4.21. The highest BCUT2D eigenvalue weighted by Crippen LogP contribution is 2.28. The number of rotatable bonds is 11. The van der Waals surface area contributed by atoms with Crippen LogP contribution in [0.2, 0.25) is 0 Å². The van der Waals surface area contributed by atoms with Crippen LogP contribution in [0.4, 0.5) is 0 Å². The van der Waals surface area contributed by atoms with Crippen molar-refractivity contribution in [2.45, 2.75) is 63.4 Å². The fraction of sp³-hybridized carbons (Fsp3) is 0.762. The molecule has 0 spiro atoms. The molecule has 0 amide bonds. The maximum absolute atomic E-state index is 12.0. The zero-order valence-electron chi connectivity index (χ0n) is 18.2. The third-order valence-corrected chi connectivity index (χ3v) is 6.61. The van der Waals surface area contributed by atoms with Crippen molar-refractivity contribution in [1.82, 2.24) is 20.2 Å². The van der Waals surface area contributed by atoms with Crippen LogP contribution in [0, 0.1) is 5.92 Å². The number of nitrogens with one attached hydrogen (secondary N) is 3. The molecule has 10 nitrogen and oxygen atoms in total. The third kappa shape index (κ3) is 7.51. The maximum atomic E-state index is 12.0. The van der Waals surface area contributed by atoms with Crippen molar-refractivity contribution in [3.63, 3.8) is 0 Å². The molecule has 180 valence electrons. The summed E-state index contributed by atoms with van der Waals surface area (Å²) in [5, 5.41) is 16.6. The van der Waals surface area contributed by atoms with Gasteiger partial charge in [-0.05, 0) is 34.8 Å². The molecule has 1 aliphatic heterocycles. The molecule has 1 aromatic rings. The van der Waals surface area contributed by atoms with Crippen molar-refractivity contribution in [3.8, 4) is 0 Å². The van der Waals surface area contributed by atoms with Crippen molar-refractivity contribution in [2.24, 2.45) is 5.92 Å². The maximum Gasteiger partial charge on any atom is 0.330 e. The molecule has 11 heteroatoms. The van der Waals surface area contributed by atoms with Gasteiger partial charge in [0.1, 0.15) is 18.9 Å². The van der Waals surface area contributed by atoms with Crippen LogP contribution < -0.4 is 21.9 Å². The molecular formula is C21H33BrN4O6. The van der Waals surface area contributed by atoms with E-state index in [1.54, 1.807) is 0 Å². The number of esters is 1. The number of aliphatic hydroxyl groups is 1. The molecular weight excluding hydrogens is 484 g/mol. The SMILES string of the molecule is O=C(CNCCNCCC1CCCCC1)OC[C@H]1O[C@@H](n2cc(Br)c(=O)[nH]c2=O)C[C@@H]1O. The van der Waals surface area contributed by atoms with Crippen molar-refractivity contribution in [1.29, 1.82) is 0 Å². The summed E-state index contributed by atoms with van der Waals surface area (Å²) >= 11 is 3.07. The topological polar surface area (TPSA) is 135 Å². The van der Waals surface area contributed by atoms with E-state index in [-0.39, 0.29) is 24.0 Å². The zero-order valence-corrected chi connectivity index (χ0v) is 19.8. The number of hydrogen-bond acceptors (Lipinski definition) is 8. The van der Waals surface area contributed by atoms with Crippen LogP contribution in [0.1, 0.15) is 51.2 Å². The molecule has 1 saturated heterocycles. The summed E-state index contributed by atoms with van der Waals surface area (Å²) in [7, 11) is 0. The van der Waals surface area contributed by atoms with Crippen molar-refractivity contribution in [2.75, 3.05) is 32.8 Å². The second kappa shape index (κ2) is 12.6. The van der Waals surface area contributed by atoms with E-state index in [9.17, 15) is 19.5 Å². The van der Waals surface area contributed by atoms with Gasteiger partial charge in [-0.3, -0.25) is 19.1 Å². The molecule has 3 atom stereocenters. The van der Waals surface area contributed by atoms with Crippen LogP contribution >= 0.6 is 15.9 Å². The first kappa shape index (κ1) is 25.1. The zero-order chi connectivity index (χ0) is 22.9. The van der Waals surface area contributed by atoms with Gasteiger partial charge in [0.05, 0.1) is 17.1 Å². The van der Waals surface area contributed by atoms with Gasteiger partial charge in [0, 0.05) is 25.7 Å². The minimum absolute atomic E-state index is 0.0723. The van der Waals surface area contributed by atoms with E-state index in [0.717, 1.165) is 19.0 Å². The average molecular weight is 517 g/mol. The monoisotopic (exact) mass is 516 g/mol. The van der Waals surface area contributed by atoms with Gasteiger partial charge in [0.2, 0.25) is 0 Å². The van der Waals surface area contributed by atoms with E-state index >= 15 is 0 Å². The van der Waals surface area contributed by atoms with E-state index in [2.05, 4.69) is 31.5 Å². The van der Waals surface area contributed by atoms with Crippen molar-refractivity contribution >= 4 is 21.9 Å². The highest BCUT2D eigenvalue weighted by molar-refractivity contribution is 9.10. The summed E-state index contributed by atoms with van der Waals surface area (Å²) in [6.07, 6.45) is 7.09. The molecule has 1 aliphatic carbocycles. The summed E-state index contributed by atoms with van der Waals surface area (Å²) in [5.74, 6) is 0.423. The van der Waals surface area contributed by atoms with Gasteiger partial charge >= 0.3 is 11.7 Å². The number of ether oxygens (including phenoxy) is 2. The number of aromatic amines is 1. The standard InChI is InChI=1S/C21H33BrN4O6/c22-15-12-26(21(30)25-20(15)29)18-10-16(27)17(32-18)13-31-19(28)11-24-9-8-23-7-6-14-4-2-1-3-5-14/h12,14,16-18,23-24,27H,1-11,13H2,(H,25,29,30)/t16-,17+,18+/m0/s1. The lowest BCUT2D eigenvalue weighted by atomic mass is 9.87. The average Bonchev–Trinajstić information content (AvgIpc) is 3.15. The smallest absolute Gasteiger partial charge is 0.330 e. The lowest BCUT2D eigenvalue weighted by Crippen LogP contribution is -2.35. The molecule has 0 bridgehead atoms. The van der Waals surface area contributed by atoms with E-state index < -0.39 is 35.7 Å². The first-order valence-electron chi connectivity index (χ1n) is 11.4. The second-order valence-electron chi connectivity index (χ2n) is 8.48. The molecule has 2 fully saturated rings. The van der Waals surface area contributed by atoms with Crippen molar-refractivity contribution < 1.29 is 19.4 Å². The fourth-order valence-corrected chi connectivity index (χ4v) is 4.53. The van der Waals surface area contributed by atoms with Gasteiger partial charge in [-0.25, -0.2) is 4.79 Å². The van der Waals surface area contributed by atoms with Gasteiger partial charge in [-0.2, -0.15) is 0 Å². The first-order valence-corrected chi connectivity index (χ1v) is 12.1. The summed E-state index contributed by atoms with van der Waals surface area (Å²) in [6.45, 7) is 2.41. The summed E-state index contributed by atoms with van der Waals surface area (Å²) < 4.78 is 12.2. The predicted molar refractivity (Wildman–Crippen MR) is 121 cm³/mol. The van der Waals surface area contributed by atoms with Gasteiger partial charge in [-0.1, -0.05) is 32.1 Å². The molecule has 0 radical (unpaired) electrons. The highest BCUT2D eigenvalue weighted by atomic mass is 79.9. The Kier molecular flexibility index (Phi) is 9.92. The van der Waals surface area contributed by atoms with E-state index in [4.69, 9.17) is 9.47 Å². The minimum atomic E-state index is -0.897. The first-order chi connectivity index (χ1) is 15.4. The Labute approximate surface area is 195 Å². The van der Waals surface area contributed by atoms with Gasteiger partial charge in [0.15, 0.2) is 0 Å². The van der Waals surface area contributed by atoms with E-state index in [0.29, 0.717) is 6.54 Å². The van der Waals surface area contributed by atoms with Crippen LogP contribution in [0.25, 0.3) is 0 Å². The van der Waals surface area contributed by atoms with Crippen molar-refractivity contribution in [3.05, 3.63) is 31.5 Å². The molecule has 2 heterocycles. The molecule has 4 N–H and O–H groups in total. The highest BCUT2D eigenvalue weighted by Gasteiger charge is 2.36. The molecule has 2 aliphatic rings. The van der Waals surface area contributed by atoms with Gasteiger partial charge < -0.3 is 25.2 Å². The summed E-state index contributed by atoms with van der Waals surface area (Å²) in [5.41, 5.74) is -1.17. The van der Waals surface area contributed by atoms with Gasteiger partial charge in [0.25, 0.3) is 5.56 Å². The Bertz CT molecular complexity index is 853. The van der Waals surface area contributed by atoms with Crippen LogP contribution in [0.3, 0.4) is 0 Å². The molecule has 0 aromatic carbocycles. The summed E-state index contributed by atoms with van der Waals surface area (Å²) in [4.78, 5) is 37.6. The quantitative estimate of drug-likeness (QED) is 0.248. The molecule has 3 rings (SSSR count). The number of carbonyl (C=O) groups is 1. The number of H-pyrrole nitrogens is 1. The molecule has 0 unspecified atom stereocenters.